The van der Waals surface area contributed by atoms with Crippen LogP contribution >= 0.6 is 11.6 Å². The molecule has 3 aliphatic rings. The number of aliphatic hydroxyl groups excluding tert-OH is 2. The molecule has 0 saturated carbocycles. The molecule has 9 nitrogen and oxygen atoms in total. The highest BCUT2D eigenvalue weighted by atomic mass is 35.5. The van der Waals surface area contributed by atoms with Crippen molar-refractivity contribution in [2.45, 2.75) is 70.5 Å². The first-order valence-corrected chi connectivity index (χ1v) is 18.3. The van der Waals surface area contributed by atoms with Gasteiger partial charge in [0.25, 0.3) is 0 Å². The summed E-state index contributed by atoms with van der Waals surface area (Å²) in [5.74, 6) is 2.11. The lowest BCUT2D eigenvalue weighted by Gasteiger charge is -2.36. The van der Waals surface area contributed by atoms with Crippen LogP contribution in [0.1, 0.15) is 65.2 Å². The number of rotatable bonds is 13. The van der Waals surface area contributed by atoms with E-state index in [1.807, 2.05) is 12.1 Å². The third-order valence-electron chi connectivity index (χ3n) is 10.3. The van der Waals surface area contributed by atoms with Crippen LogP contribution in [0.25, 0.3) is 11.1 Å². The molecule has 2 fully saturated rings. The summed E-state index contributed by atoms with van der Waals surface area (Å²) >= 11 is 6.88. The topological polar surface area (TPSA) is 111 Å². The van der Waals surface area contributed by atoms with Gasteiger partial charge in [-0.2, -0.15) is 5.26 Å². The van der Waals surface area contributed by atoms with Crippen LogP contribution < -0.4 is 14.2 Å². The van der Waals surface area contributed by atoms with Gasteiger partial charge in [0.05, 0.1) is 29.4 Å². The largest absolute Gasteiger partial charge is 0.493 e. The van der Waals surface area contributed by atoms with Gasteiger partial charge in [-0.15, -0.1) is 0 Å². The lowest BCUT2D eigenvalue weighted by Crippen LogP contribution is -2.49. The minimum Gasteiger partial charge on any atom is -0.493 e. The molecule has 51 heavy (non-hydrogen) atoms. The van der Waals surface area contributed by atoms with Gasteiger partial charge in [-0.3, -0.25) is 9.88 Å². The summed E-state index contributed by atoms with van der Waals surface area (Å²) in [6.45, 7) is 7.70. The summed E-state index contributed by atoms with van der Waals surface area (Å²) in [7, 11) is 0. The molecule has 266 valence electrons. The van der Waals surface area contributed by atoms with Crippen LogP contribution in [0.5, 0.6) is 17.2 Å². The van der Waals surface area contributed by atoms with Crippen molar-refractivity contribution in [3.05, 3.63) is 105 Å². The predicted molar refractivity (Wildman–Crippen MR) is 196 cm³/mol. The molecule has 7 rings (SSSR count). The summed E-state index contributed by atoms with van der Waals surface area (Å²) < 4.78 is 19.3. The van der Waals surface area contributed by atoms with Gasteiger partial charge in [-0.25, -0.2) is 0 Å². The van der Waals surface area contributed by atoms with Crippen LogP contribution in [-0.4, -0.2) is 76.5 Å². The van der Waals surface area contributed by atoms with Crippen LogP contribution in [0.3, 0.4) is 0 Å². The van der Waals surface area contributed by atoms with Gasteiger partial charge in [-0.05, 0) is 85.0 Å². The van der Waals surface area contributed by atoms with Crippen molar-refractivity contribution in [2.75, 3.05) is 39.3 Å². The molecule has 1 aromatic heterocycles. The number of aromatic nitrogens is 1. The van der Waals surface area contributed by atoms with Gasteiger partial charge in [0.15, 0.2) is 0 Å². The van der Waals surface area contributed by atoms with Gasteiger partial charge in [0, 0.05) is 68.9 Å². The van der Waals surface area contributed by atoms with Crippen molar-refractivity contribution in [2.24, 2.45) is 0 Å². The van der Waals surface area contributed by atoms with E-state index in [2.05, 4.69) is 64.2 Å². The SMILES string of the molecule is Cc1c(OCCCN2CCC(O)CC2)cccc1-c1cccc2c1CC[C@@H]2Oc1cc(OCc2cncc(C#N)c2)c(CN2CC(O)C2)cc1Cl. The third kappa shape index (κ3) is 8.33. The molecule has 4 aromatic rings. The molecule has 0 radical (unpaired) electrons. The Bertz CT molecular complexity index is 1880. The number of pyridine rings is 1. The number of ether oxygens (including phenoxy) is 3. The smallest absolute Gasteiger partial charge is 0.142 e. The zero-order chi connectivity index (χ0) is 35.3. The number of likely N-dealkylation sites (tertiary alicyclic amines) is 2. The van der Waals surface area contributed by atoms with Crippen LogP contribution in [0.4, 0.5) is 0 Å². The lowest BCUT2D eigenvalue weighted by atomic mass is 9.93. The predicted octanol–water partition coefficient (Wildman–Crippen LogP) is 6.63. The zero-order valence-corrected chi connectivity index (χ0v) is 29.8. The molecular weight excluding hydrogens is 664 g/mol. The van der Waals surface area contributed by atoms with Crippen molar-refractivity contribution >= 4 is 11.6 Å². The van der Waals surface area contributed by atoms with E-state index < -0.39 is 0 Å². The molecular formula is C41H45ClN4O5. The molecule has 3 aromatic carbocycles. The summed E-state index contributed by atoms with van der Waals surface area (Å²) in [4.78, 5) is 8.72. The number of nitriles is 1. The summed E-state index contributed by atoms with van der Waals surface area (Å²) in [6, 6.07) is 20.4. The maximum absolute atomic E-state index is 9.85. The Balaban J connectivity index is 1.06. The number of hydrogen-bond donors (Lipinski definition) is 2. The Labute approximate surface area is 305 Å². The zero-order valence-electron chi connectivity index (χ0n) is 29.1. The molecule has 0 bridgehead atoms. The van der Waals surface area contributed by atoms with Gasteiger partial charge >= 0.3 is 0 Å². The first-order valence-electron chi connectivity index (χ1n) is 18.0. The van der Waals surface area contributed by atoms with E-state index in [-0.39, 0.29) is 24.9 Å². The highest BCUT2D eigenvalue weighted by molar-refractivity contribution is 6.32. The fourth-order valence-electron chi connectivity index (χ4n) is 7.45. The standard InChI is InChI=1S/C41H45ClN4O5/c1-27-33(5-3-8-38(27)49-16-4-13-45-14-11-31(47)12-15-45)34-6-2-7-36-35(34)9-10-39(36)51-41-19-40(50-26-29-17-28(20-43)21-44-22-29)30(18-37(41)42)23-46-24-32(48)25-46/h2-3,5-8,17-19,21-22,31-32,39,47-48H,4,9-16,23-26H2,1H3/t39-/m0/s1. The van der Waals surface area contributed by atoms with Crippen molar-refractivity contribution < 1.29 is 24.4 Å². The lowest BCUT2D eigenvalue weighted by molar-refractivity contribution is -0.00335. The van der Waals surface area contributed by atoms with Crippen LogP contribution in [-0.2, 0) is 19.6 Å². The molecule has 2 aliphatic heterocycles. The Hall–Kier alpha value is -4.17. The van der Waals surface area contributed by atoms with Crippen molar-refractivity contribution in [1.29, 1.82) is 5.26 Å². The molecule has 10 heteroatoms. The van der Waals surface area contributed by atoms with Gasteiger partial charge in [-0.1, -0.05) is 41.9 Å². The van der Waals surface area contributed by atoms with E-state index in [0.29, 0.717) is 48.3 Å². The maximum atomic E-state index is 9.85. The van der Waals surface area contributed by atoms with E-state index in [1.54, 1.807) is 12.3 Å². The van der Waals surface area contributed by atoms with Crippen LogP contribution in [0.15, 0.2) is 67.0 Å². The van der Waals surface area contributed by atoms with E-state index in [0.717, 1.165) is 79.7 Å². The molecule has 2 N–H and O–H groups in total. The number of aliphatic hydroxyl groups is 2. The van der Waals surface area contributed by atoms with E-state index in [4.69, 9.17) is 25.8 Å². The normalized spacial score (nSPS) is 18.2. The fourth-order valence-corrected chi connectivity index (χ4v) is 7.68. The second kappa shape index (κ2) is 16.0. The monoisotopic (exact) mass is 708 g/mol. The molecule has 1 atom stereocenters. The third-order valence-corrected chi connectivity index (χ3v) is 10.6. The second-order valence-corrected chi connectivity index (χ2v) is 14.3. The number of piperidine rings is 1. The van der Waals surface area contributed by atoms with E-state index >= 15 is 0 Å². The molecule has 0 unspecified atom stereocenters. The first-order chi connectivity index (χ1) is 24.8. The number of nitrogens with zero attached hydrogens (tertiary/aromatic N) is 4. The molecule has 0 spiro atoms. The number of fused-ring (bicyclic) bond motifs is 1. The summed E-state index contributed by atoms with van der Waals surface area (Å²) in [5.41, 5.74) is 8.09. The number of β-amino-alcohol motifs (C(OH)–C–C–N with tert-alkyl or cyclic N) is 1. The first kappa shape index (κ1) is 35.2. The fraction of sp³-hybridized carbons (Fsp3) is 0.415. The average molecular weight is 709 g/mol. The molecule has 2 saturated heterocycles. The Morgan fingerprint density at radius 3 is 2.51 bits per heavy atom. The Kier molecular flexibility index (Phi) is 11.1. The van der Waals surface area contributed by atoms with Crippen molar-refractivity contribution in [1.82, 2.24) is 14.8 Å². The van der Waals surface area contributed by atoms with Crippen molar-refractivity contribution in [3.8, 4) is 34.4 Å². The van der Waals surface area contributed by atoms with Gasteiger partial charge < -0.3 is 29.3 Å². The van der Waals surface area contributed by atoms with E-state index in [1.165, 1.54) is 22.9 Å². The van der Waals surface area contributed by atoms with Gasteiger partial charge in [0.2, 0.25) is 0 Å². The molecule has 3 heterocycles. The summed E-state index contributed by atoms with van der Waals surface area (Å²) in [5, 5.41) is 29.5. The Morgan fingerprint density at radius 2 is 1.71 bits per heavy atom. The maximum Gasteiger partial charge on any atom is 0.142 e. The van der Waals surface area contributed by atoms with Crippen LogP contribution in [0, 0.1) is 18.3 Å². The summed E-state index contributed by atoms with van der Waals surface area (Å²) in [6.07, 6.45) is 6.94. The van der Waals surface area contributed by atoms with Crippen LogP contribution in [0.2, 0.25) is 5.02 Å². The second-order valence-electron chi connectivity index (χ2n) is 13.9. The quantitative estimate of drug-likeness (QED) is 0.148. The highest BCUT2D eigenvalue weighted by Crippen LogP contribution is 2.44. The Morgan fingerprint density at radius 1 is 0.902 bits per heavy atom. The minimum atomic E-state index is -0.315. The number of benzene rings is 3. The highest BCUT2D eigenvalue weighted by Gasteiger charge is 2.29. The van der Waals surface area contributed by atoms with Crippen molar-refractivity contribution in [3.63, 3.8) is 0 Å². The average Bonchev–Trinajstić information content (AvgIpc) is 3.54. The number of hydrogen-bond acceptors (Lipinski definition) is 9. The molecule has 1 aliphatic carbocycles. The molecule has 0 amide bonds. The minimum absolute atomic E-state index is 0.150. The van der Waals surface area contributed by atoms with Gasteiger partial charge in [0.1, 0.15) is 36.0 Å². The number of halogens is 1. The van der Waals surface area contributed by atoms with E-state index in [9.17, 15) is 15.5 Å².